The first-order valence-electron chi connectivity index (χ1n) is 8.75. The number of sulfone groups is 1. The molecule has 1 saturated heterocycles. The molecule has 1 aliphatic heterocycles. The van der Waals surface area contributed by atoms with Crippen LogP contribution in [-0.4, -0.2) is 33.3 Å². The first-order valence-corrected chi connectivity index (χ1v) is 10.4. The highest BCUT2D eigenvalue weighted by Gasteiger charge is 2.27. The van der Waals surface area contributed by atoms with Gasteiger partial charge in [0, 0.05) is 17.9 Å². The molecule has 0 aromatic heterocycles. The maximum absolute atomic E-state index is 13.4. The zero-order chi connectivity index (χ0) is 19.6. The first kappa shape index (κ1) is 22.4. The number of hydrogen-bond donors (Lipinski definition) is 1. The number of anilines is 1. The van der Waals surface area contributed by atoms with Gasteiger partial charge in [-0.15, -0.1) is 0 Å². The van der Waals surface area contributed by atoms with Crippen LogP contribution in [0.5, 0.6) is 0 Å². The van der Waals surface area contributed by atoms with Crippen molar-refractivity contribution in [2.75, 3.05) is 24.3 Å². The molecule has 0 radical (unpaired) electrons. The number of carbonyl (C=O) groups is 1. The van der Waals surface area contributed by atoms with Crippen LogP contribution < -0.4 is 5.32 Å². The van der Waals surface area contributed by atoms with Crippen LogP contribution in [0, 0.1) is 25.6 Å². The predicted molar refractivity (Wildman–Crippen MR) is 112 cm³/mol. The summed E-state index contributed by atoms with van der Waals surface area (Å²) in [6, 6.07) is 8.95. The van der Waals surface area contributed by atoms with E-state index in [9.17, 15) is 17.6 Å². The molecule has 1 atom stereocenters. The molecule has 0 saturated carbocycles. The van der Waals surface area contributed by atoms with E-state index >= 15 is 0 Å². The smallest absolute Gasteiger partial charge is 0.255 e. The van der Waals surface area contributed by atoms with Crippen LogP contribution in [0.1, 0.15) is 27.9 Å². The minimum atomic E-state index is -3.53. The number of ether oxygens (including phenoxy) is 1. The monoisotopic (exact) mass is 425 g/mol. The molecule has 0 unspecified atom stereocenters. The minimum absolute atomic E-state index is 0. The standard InChI is InChI=1S/C20H22FNO4S.H2S/c1-13-10-16(6-7-18(13)21)22-20(23)17-4-3-5-19(14(17)2)27(24,25)12-15-8-9-26-11-15;/h3-7,10,15H,8-9,11-12H2,1-2H3,(H,22,23);1H2/t15-;/m0./s1. The normalized spacial score (nSPS) is 16.5. The molecule has 28 heavy (non-hydrogen) atoms. The van der Waals surface area contributed by atoms with Crippen molar-refractivity contribution in [3.05, 3.63) is 58.9 Å². The largest absolute Gasteiger partial charge is 0.381 e. The summed E-state index contributed by atoms with van der Waals surface area (Å²) in [4.78, 5) is 12.8. The third-order valence-electron chi connectivity index (χ3n) is 4.76. The fourth-order valence-corrected chi connectivity index (χ4v) is 5.16. The second kappa shape index (κ2) is 9.07. The number of halogens is 1. The van der Waals surface area contributed by atoms with Gasteiger partial charge in [0.15, 0.2) is 9.84 Å². The number of nitrogens with one attached hydrogen (secondary N) is 1. The second-order valence-corrected chi connectivity index (χ2v) is 8.86. The molecule has 0 bridgehead atoms. The lowest BCUT2D eigenvalue weighted by atomic mass is 10.1. The van der Waals surface area contributed by atoms with Crippen molar-refractivity contribution < 1.29 is 22.3 Å². The van der Waals surface area contributed by atoms with E-state index in [4.69, 9.17) is 4.74 Å². The molecule has 152 valence electrons. The molecular weight excluding hydrogens is 401 g/mol. The van der Waals surface area contributed by atoms with Gasteiger partial charge in [0.25, 0.3) is 5.91 Å². The molecule has 8 heteroatoms. The van der Waals surface area contributed by atoms with Gasteiger partial charge < -0.3 is 10.1 Å². The lowest BCUT2D eigenvalue weighted by Gasteiger charge is -2.14. The average Bonchev–Trinajstić information content (AvgIpc) is 3.10. The van der Waals surface area contributed by atoms with Gasteiger partial charge in [0.2, 0.25) is 0 Å². The molecule has 2 aromatic carbocycles. The van der Waals surface area contributed by atoms with E-state index in [1.807, 2.05) is 0 Å². The Morgan fingerprint density at radius 2 is 2.00 bits per heavy atom. The number of amides is 1. The highest BCUT2D eigenvalue weighted by atomic mass is 32.2. The average molecular weight is 426 g/mol. The molecular formula is C20H24FNO4S2. The number of hydrogen-bond acceptors (Lipinski definition) is 4. The Labute approximate surface area is 171 Å². The van der Waals surface area contributed by atoms with Gasteiger partial charge in [-0.1, -0.05) is 6.07 Å². The summed E-state index contributed by atoms with van der Waals surface area (Å²) >= 11 is 0. The van der Waals surface area contributed by atoms with Crippen molar-refractivity contribution in [2.24, 2.45) is 5.92 Å². The number of carbonyl (C=O) groups excluding carboxylic acids is 1. The number of aryl methyl sites for hydroxylation is 1. The summed E-state index contributed by atoms with van der Waals surface area (Å²) in [7, 11) is -3.53. The molecule has 0 aliphatic carbocycles. The minimum Gasteiger partial charge on any atom is -0.381 e. The van der Waals surface area contributed by atoms with Gasteiger partial charge in [-0.05, 0) is 67.6 Å². The van der Waals surface area contributed by atoms with Gasteiger partial charge in [0.1, 0.15) is 5.82 Å². The zero-order valence-corrected chi connectivity index (χ0v) is 17.6. The summed E-state index contributed by atoms with van der Waals surface area (Å²) in [5, 5.41) is 2.70. The Morgan fingerprint density at radius 1 is 1.25 bits per heavy atom. The van der Waals surface area contributed by atoms with Crippen molar-refractivity contribution in [1.82, 2.24) is 0 Å². The third-order valence-corrected chi connectivity index (χ3v) is 6.78. The van der Waals surface area contributed by atoms with Gasteiger partial charge >= 0.3 is 0 Å². The Kier molecular flexibility index (Phi) is 7.25. The Balaban J connectivity index is 0.00000280. The fourth-order valence-electron chi connectivity index (χ4n) is 3.23. The molecule has 2 aromatic rings. The summed E-state index contributed by atoms with van der Waals surface area (Å²) in [6.45, 7) is 4.26. The van der Waals surface area contributed by atoms with Gasteiger partial charge in [-0.25, -0.2) is 12.8 Å². The van der Waals surface area contributed by atoms with E-state index in [-0.39, 0.29) is 41.4 Å². The number of rotatable bonds is 5. The van der Waals surface area contributed by atoms with Gasteiger partial charge in [0.05, 0.1) is 17.3 Å². The Hall–Kier alpha value is -1.90. The summed E-state index contributed by atoms with van der Waals surface area (Å²) < 4.78 is 44.2. The lowest BCUT2D eigenvalue weighted by Crippen LogP contribution is -2.19. The molecule has 0 spiro atoms. The third kappa shape index (κ3) is 4.92. The number of benzene rings is 2. The zero-order valence-electron chi connectivity index (χ0n) is 15.8. The van der Waals surface area contributed by atoms with Crippen LogP contribution in [0.2, 0.25) is 0 Å². The highest BCUT2D eigenvalue weighted by Crippen LogP contribution is 2.25. The van der Waals surface area contributed by atoms with Crippen LogP contribution in [-0.2, 0) is 14.6 Å². The fraction of sp³-hybridized carbons (Fsp3) is 0.350. The quantitative estimate of drug-likeness (QED) is 0.794. The molecule has 1 heterocycles. The topological polar surface area (TPSA) is 72.5 Å². The molecule has 1 N–H and O–H groups in total. The molecule has 5 nitrogen and oxygen atoms in total. The summed E-state index contributed by atoms with van der Waals surface area (Å²) in [5.74, 6) is -0.794. The molecule has 1 fully saturated rings. The molecule has 1 amide bonds. The Morgan fingerprint density at radius 3 is 2.64 bits per heavy atom. The van der Waals surface area contributed by atoms with Crippen molar-refractivity contribution >= 4 is 34.9 Å². The SMILES string of the molecule is Cc1cc(NC(=O)c2cccc(S(=O)(=O)C[C@H]3CCOC3)c2C)ccc1F.S. The maximum atomic E-state index is 13.4. The lowest BCUT2D eigenvalue weighted by molar-refractivity contribution is 0.102. The Bertz CT molecular complexity index is 970. The van der Waals surface area contributed by atoms with Gasteiger partial charge in [-0.3, -0.25) is 4.79 Å². The van der Waals surface area contributed by atoms with Crippen LogP contribution in [0.3, 0.4) is 0 Å². The predicted octanol–water partition coefficient (Wildman–Crippen LogP) is 3.62. The van der Waals surface area contributed by atoms with E-state index in [2.05, 4.69) is 5.32 Å². The van der Waals surface area contributed by atoms with E-state index in [1.165, 1.54) is 24.3 Å². The van der Waals surface area contributed by atoms with Crippen molar-refractivity contribution in [2.45, 2.75) is 25.2 Å². The van der Waals surface area contributed by atoms with E-state index < -0.39 is 15.7 Å². The van der Waals surface area contributed by atoms with Crippen LogP contribution in [0.25, 0.3) is 0 Å². The van der Waals surface area contributed by atoms with E-state index in [1.54, 1.807) is 26.0 Å². The highest BCUT2D eigenvalue weighted by molar-refractivity contribution is 7.91. The maximum Gasteiger partial charge on any atom is 0.255 e. The molecule has 3 rings (SSSR count). The van der Waals surface area contributed by atoms with Crippen LogP contribution in [0.4, 0.5) is 10.1 Å². The van der Waals surface area contributed by atoms with E-state index in [0.717, 1.165) is 6.42 Å². The van der Waals surface area contributed by atoms with Crippen LogP contribution >= 0.6 is 13.5 Å². The van der Waals surface area contributed by atoms with Gasteiger partial charge in [-0.2, -0.15) is 13.5 Å². The first-order chi connectivity index (χ1) is 12.8. The summed E-state index contributed by atoms with van der Waals surface area (Å²) in [6.07, 6.45) is 0.725. The second-order valence-electron chi connectivity index (χ2n) is 6.86. The van der Waals surface area contributed by atoms with E-state index in [0.29, 0.717) is 30.0 Å². The molecule has 1 aliphatic rings. The summed E-state index contributed by atoms with van der Waals surface area (Å²) in [5.41, 5.74) is 1.56. The van der Waals surface area contributed by atoms with Crippen molar-refractivity contribution in [1.29, 1.82) is 0 Å². The van der Waals surface area contributed by atoms with Crippen molar-refractivity contribution in [3.8, 4) is 0 Å². The van der Waals surface area contributed by atoms with Crippen molar-refractivity contribution in [3.63, 3.8) is 0 Å². The van der Waals surface area contributed by atoms with Crippen LogP contribution in [0.15, 0.2) is 41.3 Å².